The summed E-state index contributed by atoms with van der Waals surface area (Å²) in [5, 5.41) is 10.8. The second kappa shape index (κ2) is 8.34. The Morgan fingerprint density at radius 1 is 1.50 bits per heavy atom. The van der Waals surface area contributed by atoms with E-state index in [-0.39, 0.29) is 11.6 Å². The Labute approximate surface area is 131 Å². The summed E-state index contributed by atoms with van der Waals surface area (Å²) in [6.07, 6.45) is 3.15. The number of nitrogens with two attached hydrogens (primary N) is 1. The van der Waals surface area contributed by atoms with Gasteiger partial charge in [0.15, 0.2) is 0 Å². The average molecular weight is 304 g/mol. The number of nitrogens with zero attached hydrogens (tertiary/aromatic N) is 1. The predicted octanol–water partition coefficient (Wildman–Crippen LogP) is 3.83. The summed E-state index contributed by atoms with van der Waals surface area (Å²) < 4.78 is 5.04. The van der Waals surface area contributed by atoms with Crippen LogP contribution in [0.2, 0.25) is 0 Å². The molecule has 1 aliphatic rings. The second-order valence-corrected chi connectivity index (χ2v) is 5.43. The Bertz CT molecular complexity index is 561. The van der Waals surface area contributed by atoms with Crippen LogP contribution in [-0.2, 0) is 4.74 Å². The molecule has 0 aliphatic heterocycles. The quantitative estimate of drug-likeness (QED) is 0.375. The van der Waals surface area contributed by atoms with Gasteiger partial charge >= 0.3 is 0 Å². The smallest absolute Gasteiger partial charge is 0.269 e. The number of nitro benzene ring substituents is 1. The van der Waals surface area contributed by atoms with E-state index in [4.69, 9.17) is 10.5 Å². The summed E-state index contributed by atoms with van der Waals surface area (Å²) >= 11 is 0. The highest BCUT2D eigenvalue weighted by atomic mass is 16.6. The molecule has 2 rings (SSSR count). The molecule has 0 saturated heterocycles. The molecule has 0 bridgehead atoms. The van der Waals surface area contributed by atoms with Crippen LogP contribution in [0.4, 0.5) is 5.69 Å². The number of non-ortho nitro benzene ring substituents is 1. The zero-order valence-electron chi connectivity index (χ0n) is 13.3. The van der Waals surface area contributed by atoms with Crippen molar-refractivity contribution in [2.45, 2.75) is 32.1 Å². The highest BCUT2D eigenvalue weighted by molar-refractivity contribution is 5.41. The first-order valence-electron chi connectivity index (χ1n) is 7.22. The molecule has 5 heteroatoms. The molecule has 1 fully saturated rings. The Morgan fingerprint density at radius 2 is 2.09 bits per heavy atom. The fourth-order valence-corrected chi connectivity index (χ4v) is 1.95. The van der Waals surface area contributed by atoms with Gasteiger partial charge in [-0.2, -0.15) is 0 Å². The number of rotatable bonds is 6. The van der Waals surface area contributed by atoms with Gasteiger partial charge in [0.2, 0.25) is 0 Å². The van der Waals surface area contributed by atoms with Crippen LogP contribution in [0.15, 0.2) is 42.7 Å². The van der Waals surface area contributed by atoms with Crippen LogP contribution in [0.3, 0.4) is 0 Å². The standard InChI is InChI=1S/C13H18N2O3.C4H6/c1-9-4-5-12(15(16)17)7-13(9)11(8-14)6-10(2)18-3;1-4-2-3-4/h4-5,7,11H,2,6,8,14H2,1,3H3;1-3H2. The molecular weight excluding hydrogens is 280 g/mol. The Morgan fingerprint density at radius 3 is 2.50 bits per heavy atom. The number of hydrogen-bond acceptors (Lipinski definition) is 4. The van der Waals surface area contributed by atoms with E-state index in [9.17, 15) is 10.1 Å². The van der Waals surface area contributed by atoms with Crippen LogP contribution < -0.4 is 5.73 Å². The number of allylic oxidation sites excluding steroid dienone is 2. The number of nitro groups is 1. The maximum atomic E-state index is 10.8. The minimum atomic E-state index is -0.401. The van der Waals surface area contributed by atoms with E-state index in [1.807, 2.05) is 6.92 Å². The van der Waals surface area contributed by atoms with Crippen LogP contribution in [-0.4, -0.2) is 18.6 Å². The maximum absolute atomic E-state index is 10.8. The molecule has 120 valence electrons. The molecule has 1 aromatic carbocycles. The van der Waals surface area contributed by atoms with E-state index in [1.54, 1.807) is 19.2 Å². The number of hydrogen-bond donors (Lipinski definition) is 1. The van der Waals surface area contributed by atoms with Gasteiger partial charge in [-0.1, -0.05) is 24.8 Å². The van der Waals surface area contributed by atoms with Gasteiger partial charge < -0.3 is 10.5 Å². The van der Waals surface area contributed by atoms with Crippen LogP contribution in [0.5, 0.6) is 0 Å². The number of ether oxygens (including phenoxy) is 1. The van der Waals surface area contributed by atoms with Crippen molar-refractivity contribution in [3.8, 4) is 0 Å². The minimum absolute atomic E-state index is 0.0163. The van der Waals surface area contributed by atoms with Crippen molar-refractivity contribution < 1.29 is 9.66 Å². The topological polar surface area (TPSA) is 78.4 Å². The predicted molar refractivity (Wildman–Crippen MR) is 88.8 cm³/mol. The lowest BCUT2D eigenvalue weighted by atomic mass is 9.91. The van der Waals surface area contributed by atoms with Crippen molar-refractivity contribution in [3.05, 3.63) is 63.9 Å². The van der Waals surface area contributed by atoms with Gasteiger partial charge in [0, 0.05) is 24.5 Å². The number of benzene rings is 1. The summed E-state index contributed by atoms with van der Waals surface area (Å²) in [5.74, 6) is 0.605. The molecule has 0 spiro atoms. The monoisotopic (exact) mass is 304 g/mol. The third-order valence-corrected chi connectivity index (χ3v) is 3.56. The lowest BCUT2D eigenvalue weighted by Gasteiger charge is -2.18. The summed E-state index contributed by atoms with van der Waals surface area (Å²) in [5.41, 5.74) is 9.10. The molecule has 1 saturated carbocycles. The van der Waals surface area contributed by atoms with Gasteiger partial charge in [-0.25, -0.2) is 0 Å². The lowest BCUT2D eigenvalue weighted by Crippen LogP contribution is -2.15. The molecule has 0 heterocycles. The van der Waals surface area contributed by atoms with Crippen molar-refractivity contribution in [1.82, 2.24) is 0 Å². The van der Waals surface area contributed by atoms with E-state index in [0.29, 0.717) is 18.7 Å². The first-order valence-corrected chi connectivity index (χ1v) is 7.22. The van der Waals surface area contributed by atoms with Gasteiger partial charge in [-0.15, -0.1) is 0 Å². The van der Waals surface area contributed by atoms with Gasteiger partial charge in [0.25, 0.3) is 5.69 Å². The zero-order valence-corrected chi connectivity index (χ0v) is 13.3. The molecule has 0 radical (unpaired) electrons. The first kappa shape index (κ1) is 17.9. The van der Waals surface area contributed by atoms with Crippen molar-refractivity contribution in [2.24, 2.45) is 5.73 Å². The second-order valence-electron chi connectivity index (χ2n) is 5.43. The van der Waals surface area contributed by atoms with E-state index >= 15 is 0 Å². The molecule has 1 aliphatic carbocycles. The number of aryl methyl sites for hydroxylation is 1. The molecular formula is C17H24N2O3. The lowest BCUT2D eigenvalue weighted by molar-refractivity contribution is -0.384. The van der Waals surface area contributed by atoms with E-state index in [0.717, 1.165) is 11.1 Å². The summed E-state index contributed by atoms with van der Waals surface area (Å²) in [4.78, 5) is 10.4. The first-order chi connectivity index (χ1) is 10.4. The molecule has 0 amide bonds. The van der Waals surface area contributed by atoms with Crippen LogP contribution >= 0.6 is 0 Å². The molecule has 1 aromatic rings. The third-order valence-electron chi connectivity index (χ3n) is 3.56. The number of methoxy groups -OCH3 is 1. The highest BCUT2D eigenvalue weighted by Gasteiger charge is 2.17. The fraction of sp³-hybridized carbons (Fsp3) is 0.412. The summed E-state index contributed by atoms with van der Waals surface area (Å²) in [6.45, 7) is 9.74. The van der Waals surface area contributed by atoms with Crippen LogP contribution in [0.1, 0.15) is 36.3 Å². The average Bonchev–Trinajstić information content (AvgIpc) is 3.28. The third kappa shape index (κ3) is 5.69. The molecule has 2 N–H and O–H groups in total. The van der Waals surface area contributed by atoms with Crippen molar-refractivity contribution in [3.63, 3.8) is 0 Å². The minimum Gasteiger partial charge on any atom is -0.502 e. The van der Waals surface area contributed by atoms with E-state index in [1.165, 1.54) is 24.5 Å². The Balaban J connectivity index is 0.000000519. The van der Waals surface area contributed by atoms with Gasteiger partial charge in [0.1, 0.15) is 0 Å². The Hall–Kier alpha value is -2.14. The largest absolute Gasteiger partial charge is 0.502 e. The molecule has 22 heavy (non-hydrogen) atoms. The molecule has 1 unspecified atom stereocenters. The molecule has 1 atom stereocenters. The SMILES string of the molecule is C=C(CC(CN)c1cc([N+](=O)[O-])ccc1C)OC.C=C1CC1. The normalized spacial score (nSPS) is 13.7. The van der Waals surface area contributed by atoms with Crippen LogP contribution in [0.25, 0.3) is 0 Å². The van der Waals surface area contributed by atoms with E-state index in [2.05, 4.69) is 13.2 Å². The molecule has 0 aromatic heterocycles. The summed E-state index contributed by atoms with van der Waals surface area (Å²) in [7, 11) is 1.55. The Kier molecular flexibility index (Phi) is 6.79. The maximum Gasteiger partial charge on any atom is 0.269 e. The van der Waals surface area contributed by atoms with Crippen molar-refractivity contribution >= 4 is 5.69 Å². The van der Waals surface area contributed by atoms with Crippen molar-refractivity contribution in [1.29, 1.82) is 0 Å². The van der Waals surface area contributed by atoms with E-state index < -0.39 is 4.92 Å². The fourth-order valence-electron chi connectivity index (χ4n) is 1.95. The van der Waals surface area contributed by atoms with Gasteiger partial charge in [0.05, 0.1) is 17.8 Å². The van der Waals surface area contributed by atoms with Gasteiger partial charge in [-0.05, 0) is 37.4 Å². The van der Waals surface area contributed by atoms with Gasteiger partial charge in [-0.3, -0.25) is 10.1 Å². The van der Waals surface area contributed by atoms with Crippen LogP contribution in [0, 0.1) is 17.0 Å². The molecule has 5 nitrogen and oxygen atoms in total. The summed E-state index contributed by atoms with van der Waals surface area (Å²) in [6, 6.07) is 4.82. The zero-order chi connectivity index (χ0) is 16.7. The van der Waals surface area contributed by atoms with Crippen molar-refractivity contribution in [2.75, 3.05) is 13.7 Å². The highest BCUT2D eigenvalue weighted by Crippen LogP contribution is 2.28.